The largest absolute Gasteiger partial charge is 0.496 e. The van der Waals surface area contributed by atoms with Crippen molar-refractivity contribution < 1.29 is 14.6 Å². The molecule has 0 bridgehead atoms. The average Bonchev–Trinajstić information content (AvgIpc) is 3.23. The van der Waals surface area contributed by atoms with E-state index in [1.165, 1.54) is 22.7 Å². The standard InChI is InChI=1S/C24H25N3O3S/c1-29-21-13-17(14-22(30-2)20(21)15-25-11-12-28)26-24-19-10-6-9-18(23(19)31-27-24)16-7-4-3-5-8-16/h3-10,13-14,25,28H,11-12,15H2,1-2H3,(H,26,27). The maximum Gasteiger partial charge on any atom is 0.151 e. The minimum atomic E-state index is 0.0755. The highest BCUT2D eigenvalue weighted by atomic mass is 32.1. The van der Waals surface area contributed by atoms with Crippen LogP contribution in [0.15, 0.2) is 60.7 Å². The normalized spacial score (nSPS) is 10.9. The third kappa shape index (κ3) is 4.49. The molecule has 0 unspecified atom stereocenters. The zero-order valence-electron chi connectivity index (χ0n) is 17.5. The van der Waals surface area contributed by atoms with Gasteiger partial charge in [-0.3, -0.25) is 0 Å². The summed E-state index contributed by atoms with van der Waals surface area (Å²) in [7, 11) is 3.27. The van der Waals surface area contributed by atoms with Crippen LogP contribution in [-0.4, -0.2) is 36.9 Å². The monoisotopic (exact) mass is 435 g/mol. The smallest absolute Gasteiger partial charge is 0.151 e. The van der Waals surface area contributed by atoms with Gasteiger partial charge in [-0.2, -0.15) is 4.37 Å². The first kappa shape index (κ1) is 21.1. The number of hydrogen-bond acceptors (Lipinski definition) is 7. The van der Waals surface area contributed by atoms with Crippen molar-refractivity contribution in [2.45, 2.75) is 6.54 Å². The van der Waals surface area contributed by atoms with E-state index in [9.17, 15) is 0 Å². The molecule has 7 heteroatoms. The number of aliphatic hydroxyl groups is 1. The van der Waals surface area contributed by atoms with E-state index < -0.39 is 0 Å². The lowest BCUT2D eigenvalue weighted by atomic mass is 10.0. The van der Waals surface area contributed by atoms with Crippen molar-refractivity contribution in [1.29, 1.82) is 0 Å². The molecule has 3 N–H and O–H groups in total. The lowest BCUT2D eigenvalue weighted by Crippen LogP contribution is -2.18. The first-order valence-corrected chi connectivity index (χ1v) is 10.8. The summed E-state index contributed by atoms with van der Waals surface area (Å²) in [6, 6.07) is 20.5. The second-order valence-corrected chi connectivity index (χ2v) is 7.74. The molecule has 160 valence electrons. The van der Waals surface area contributed by atoms with Crippen LogP contribution in [0.2, 0.25) is 0 Å². The van der Waals surface area contributed by atoms with E-state index in [0.29, 0.717) is 24.6 Å². The minimum Gasteiger partial charge on any atom is -0.496 e. The number of benzene rings is 3. The molecular weight excluding hydrogens is 410 g/mol. The first-order chi connectivity index (χ1) is 15.2. The average molecular weight is 436 g/mol. The highest BCUT2D eigenvalue weighted by Crippen LogP contribution is 2.38. The third-order valence-electron chi connectivity index (χ3n) is 5.04. The van der Waals surface area contributed by atoms with Gasteiger partial charge in [0.15, 0.2) is 5.82 Å². The van der Waals surface area contributed by atoms with Gasteiger partial charge in [-0.1, -0.05) is 42.5 Å². The van der Waals surface area contributed by atoms with Crippen LogP contribution in [-0.2, 0) is 6.54 Å². The number of anilines is 2. The van der Waals surface area contributed by atoms with Crippen LogP contribution in [0.25, 0.3) is 21.2 Å². The molecule has 6 nitrogen and oxygen atoms in total. The number of methoxy groups -OCH3 is 2. The number of aliphatic hydroxyl groups excluding tert-OH is 1. The van der Waals surface area contributed by atoms with Gasteiger partial charge in [0.25, 0.3) is 0 Å². The van der Waals surface area contributed by atoms with E-state index >= 15 is 0 Å². The van der Waals surface area contributed by atoms with Gasteiger partial charge in [0.05, 0.1) is 31.1 Å². The summed E-state index contributed by atoms with van der Waals surface area (Å²) in [6.45, 7) is 1.11. The van der Waals surface area contributed by atoms with Crippen molar-refractivity contribution in [2.24, 2.45) is 0 Å². The van der Waals surface area contributed by atoms with Crippen molar-refractivity contribution >= 4 is 33.1 Å². The van der Waals surface area contributed by atoms with Crippen LogP contribution in [0.1, 0.15) is 5.56 Å². The summed E-state index contributed by atoms with van der Waals surface area (Å²) < 4.78 is 17.0. The van der Waals surface area contributed by atoms with Crippen molar-refractivity contribution in [1.82, 2.24) is 9.69 Å². The molecule has 1 aromatic heterocycles. The number of ether oxygens (including phenoxy) is 2. The van der Waals surface area contributed by atoms with Crippen molar-refractivity contribution in [3.05, 3.63) is 66.2 Å². The van der Waals surface area contributed by atoms with Crippen LogP contribution in [0.3, 0.4) is 0 Å². The molecule has 1 heterocycles. The highest BCUT2D eigenvalue weighted by molar-refractivity contribution is 7.14. The Kier molecular flexibility index (Phi) is 6.66. The van der Waals surface area contributed by atoms with Crippen molar-refractivity contribution in [2.75, 3.05) is 32.7 Å². The number of nitrogens with zero attached hydrogens (tertiary/aromatic N) is 1. The number of hydrogen-bond donors (Lipinski definition) is 3. The quantitative estimate of drug-likeness (QED) is 0.328. The molecule has 0 amide bonds. The number of aromatic nitrogens is 1. The third-order valence-corrected chi connectivity index (χ3v) is 5.94. The maximum atomic E-state index is 9.02. The van der Waals surface area contributed by atoms with Gasteiger partial charge >= 0.3 is 0 Å². The van der Waals surface area contributed by atoms with Gasteiger partial charge in [-0.05, 0) is 23.2 Å². The van der Waals surface area contributed by atoms with Crippen LogP contribution in [0, 0.1) is 0 Å². The highest BCUT2D eigenvalue weighted by Gasteiger charge is 2.15. The van der Waals surface area contributed by atoms with E-state index in [0.717, 1.165) is 27.2 Å². The van der Waals surface area contributed by atoms with Gasteiger partial charge in [-0.25, -0.2) is 0 Å². The Balaban J connectivity index is 1.68. The first-order valence-electron chi connectivity index (χ1n) is 10.0. The molecule has 31 heavy (non-hydrogen) atoms. The van der Waals surface area contributed by atoms with Gasteiger partial charge in [0.2, 0.25) is 0 Å². The van der Waals surface area contributed by atoms with Crippen LogP contribution in [0.4, 0.5) is 11.5 Å². The molecule has 0 aliphatic heterocycles. The van der Waals surface area contributed by atoms with E-state index in [1.807, 2.05) is 30.3 Å². The SMILES string of the molecule is COc1cc(Nc2nsc3c(-c4ccccc4)cccc23)cc(OC)c1CNCCO. The maximum absolute atomic E-state index is 9.02. The second kappa shape index (κ2) is 9.78. The topological polar surface area (TPSA) is 75.6 Å². The molecule has 0 saturated heterocycles. The molecule has 4 aromatic rings. The second-order valence-electron chi connectivity index (χ2n) is 6.96. The van der Waals surface area contributed by atoms with Crippen molar-refractivity contribution in [3.8, 4) is 22.6 Å². The Hall–Kier alpha value is -3.13. The molecule has 0 atom stereocenters. The molecule has 0 spiro atoms. The van der Waals surface area contributed by atoms with Crippen LogP contribution in [0.5, 0.6) is 11.5 Å². The fraction of sp³-hybridized carbons (Fsp3) is 0.208. The van der Waals surface area contributed by atoms with Crippen molar-refractivity contribution in [3.63, 3.8) is 0 Å². The molecule has 0 aliphatic carbocycles. The Morgan fingerprint density at radius 2 is 1.71 bits per heavy atom. The summed E-state index contributed by atoms with van der Waals surface area (Å²) in [6.07, 6.45) is 0. The van der Waals surface area contributed by atoms with E-state index in [-0.39, 0.29) is 6.61 Å². The number of fused-ring (bicyclic) bond motifs is 1. The van der Waals surface area contributed by atoms with E-state index in [2.05, 4.69) is 45.3 Å². The van der Waals surface area contributed by atoms with Gasteiger partial charge in [-0.15, -0.1) is 0 Å². The summed E-state index contributed by atoms with van der Waals surface area (Å²) in [5, 5.41) is 16.7. The molecular formula is C24H25N3O3S. The predicted molar refractivity (Wildman–Crippen MR) is 127 cm³/mol. The molecule has 0 fully saturated rings. The zero-order valence-corrected chi connectivity index (χ0v) is 18.3. The Morgan fingerprint density at radius 3 is 2.39 bits per heavy atom. The lowest BCUT2D eigenvalue weighted by molar-refractivity contribution is 0.290. The fourth-order valence-corrected chi connectivity index (χ4v) is 4.43. The van der Waals surface area contributed by atoms with Gasteiger partial charge < -0.3 is 25.2 Å². The Labute approximate surface area is 185 Å². The molecule has 0 aliphatic rings. The summed E-state index contributed by atoms with van der Waals surface area (Å²) >= 11 is 1.48. The fourth-order valence-electron chi connectivity index (χ4n) is 3.56. The van der Waals surface area contributed by atoms with Gasteiger partial charge in [0.1, 0.15) is 11.5 Å². The summed E-state index contributed by atoms with van der Waals surface area (Å²) in [5.74, 6) is 2.21. The Bertz CT molecular complexity index is 1140. The van der Waals surface area contributed by atoms with Gasteiger partial charge in [0, 0.05) is 41.9 Å². The molecule has 4 rings (SSSR count). The van der Waals surface area contributed by atoms with E-state index in [1.54, 1.807) is 14.2 Å². The predicted octanol–water partition coefficient (Wildman–Crippen LogP) is 4.81. The van der Waals surface area contributed by atoms with Crippen LogP contribution < -0.4 is 20.1 Å². The van der Waals surface area contributed by atoms with E-state index in [4.69, 9.17) is 14.6 Å². The number of rotatable bonds is 9. The lowest BCUT2D eigenvalue weighted by Gasteiger charge is -2.16. The zero-order chi connectivity index (χ0) is 21.6. The minimum absolute atomic E-state index is 0.0755. The summed E-state index contributed by atoms with van der Waals surface area (Å²) in [4.78, 5) is 0. The number of nitrogens with one attached hydrogen (secondary N) is 2. The molecule has 3 aromatic carbocycles. The van der Waals surface area contributed by atoms with Crippen LogP contribution >= 0.6 is 11.5 Å². The molecule has 0 saturated carbocycles. The Morgan fingerprint density at radius 1 is 0.968 bits per heavy atom. The molecule has 0 radical (unpaired) electrons. The summed E-state index contributed by atoms with van der Waals surface area (Å²) in [5.41, 5.74) is 4.07.